The molecular formula is C16H17FN2OS. The molecule has 1 N–H and O–H groups in total. The Morgan fingerprint density at radius 1 is 1.33 bits per heavy atom. The maximum absolute atomic E-state index is 12.8. The smallest absolute Gasteiger partial charge is 0.318 e. The summed E-state index contributed by atoms with van der Waals surface area (Å²) in [4.78, 5) is 15.5. The number of nitrogens with zero attached hydrogens (tertiary/aromatic N) is 1. The summed E-state index contributed by atoms with van der Waals surface area (Å²) in [6.45, 7) is 1.21. The minimum atomic E-state index is -0.262. The quantitative estimate of drug-likeness (QED) is 0.915. The maximum atomic E-state index is 12.8. The first-order valence-corrected chi connectivity index (χ1v) is 7.94. The monoisotopic (exact) mass is 304 g/mol. The Morgan fingerprint density at radius 3 is 2.86 bits per heavy atom. The van der Waals surface area contributed by atoms with Crippen molar-refractivity contribution in [1.29, 1.82) is 0 Å². The molecule has 0 bridgehead atoms. The number of hydrogen-bond donors (Lipinski definition) is 1. The first kappa shape index (κ1) is 14.1. The number of carbonyl (C=O) groups excluding carboxylic acids is 1. The molecule has 1 aromatic heterocycles. The number of amides is 2. The van der Waals surface area contributed by atoms with Crippen molar-refractivity contribution >= 4 is 17.4 Å². The van der Waals surface area contributed by atoms with E-state index < -0.39 is 0 Å². The van der Waals surface area contributed by atoms with E-state index in [0.717, 1.165) is 24.9 Å². The summed E-state index contributed by atoms with van der Waals surface area (Å²) in [6, 6.07) is 10.5. The van der Waals surface area contributed by atoms with Crippen molar-refractivity contribution in [2.75, 3.05) is 6.54 Å². The minimum absolute atomic E-state index is 0.0461. The van der Waals surface area contributed by atoms with Gasteiger partial charge in [0.25, 0.3) is 0 Å². The molecule has 1 aliphatic rings. The molecule has 1 unspecified atom stereocenters. The molecule has 3 nitrogen and oxygen atoms in total. The van der Waals surface area contributed by atoms with Crippen LogP contribution in [-0.4, -0.2) is 17.5 Å². The number of halogens is 1. The van der Waals surface area contributed by atoms with Crippen molar-refractivity contribution in [2.45, 2.75) is 25.4 Å². The first-order valence-electron chi connectivity index (χ1n) is 7.06. The van der Waals surface area contributed by atoms with Crippen LogP contribution in [0.1, 0.15) is 29.3 Å². The third-order valence-corrected chi connectivity index (χ3v) is 4.72. The number of carbonyl (C=O) groups is 1. The van der Waals surface area contributed by atoms with E-state index in [1.54, 1.807) is 23.5 Å². The van der Waals surface area contributed by atoms with Gasteiger partial charge in [-0.3, -0.25) is 0 Å². The van der Waals surface area contributed by atoms with Gasteiger partial charge in [0, 0.05) is 18.0 Å². The van der Waals surface area contributed by atoms with Gasteiger partial charge in [-0.1, -0.05) is 18.2 Å². The van der Waals surface area contributed by atoms with E-state index in [2.05, 4.69) is 11.4 Å². The van der Waals surface area contributed by atoms with Gasteiger partial charge >= 0.3 is 6.03 Å². The number of urea groups is 1. The van der Waals surface area contributed by atoms with Crippen LogP contribution in [0.15, 0.2) is 41.8 Å². The molecule has 110 valence electrons. The van der Waals surface area contributed by atoms with E-state index in [1.165, 1.54) is 17.0 Å². The van der Waals surface area contributed by atoms with Gasteiger partial charge < -0.3 is 10.2 Å². The predicted octanol–water partition coefficient (Wildman–Crippen LogP) is 3.93. The highest BCUT2D eigenvalue weighted by atomic mass is 32.1. The fourth-order valence-corrected chi connectivity index (χ4v) is 3.54. The summed E-state index contributed by atoms with van der Waals surface area (Å²) in [5.41, 5.74) is 0.900. The number of rotatable bonds is 3. The summed E-state index contributed by atoms with van der Waals surface area (Å²) in [7, 11) is 0. The number of benzene rings is 1. The number of thiophene rings is 1. The van der Waals surface area contributed by atoms with Crippen LogP contribution < -0.4 is 5.32 Å². The molecule has 0 radical (unpaired) electrons. The average molecular weight is 304 g/mol. The highest BCUT2D eigenvalue weighted by molar-refractivity contribution is 7.10. The minimum Gasteiger partial charge on any atom is -0.334 e. The third kappa shape index (κ3) is 3.24. The van der Waals surface area contributed by atoms with Crippen molar-refractivity contribution in [3.05, 3.63) is 58.0 Å². The van der Waals surface area contributed by atoms with E-state index in [-0.39, 0.29) is 17.9 Å². The van der Waals surface area contributed by atoms with E-state index in [0.29, 0.717) is 6.54 Å². The summed E-state index contributed by atoms with van der Waals surface area (Å²) in [6.07, 6.45) is 2.05. The topological polar surface area (TPSA) is 32.3 Å². The summed E-state index contributed by atoms with van der Waals surface area (Å²) in [5.74, 6) is -0.262. The number of likely N-dealkylation sites (tertiary alicyclic amines) is 1. The fraction of sp³-hybridized carbons (Fsp3) is 0.312. The second-order valence-corrected chi connectivity index (χ2v) is 6.13. The molecule has 2 amide bonds. The molecule has 1 aromatic carbocycles. The maximum Gasteiger partial charge on any atom is 0.318 e. The lowest BCUT2D eigenvalue weighted by Gasteiger charge is -2.24. The summed E-state index contributed by atoms with van der Waals surface area (Å²) >= 11 is 1.69. The molecule has 21 heavy (non-hydrogen) atoms. The molecule has 2 aromatic rings. The normalized spacial score (nSPS) is 18.0. The molecule has 0 spiro atoms. The first-order chi connectivity index (χ1) is 10.2. The van der Waals surface area contributed by atoms with Crippen molar-refractivity contribution in [3.63, 3.8) is 0 Å². The lowest BCUT2D eigenvalue weighted by Crippen LogP contribution is -2.38. The predicted molar refractivity (Wildman–Crippen MR) is 81.6 cm³/mol. The molecular weight excluding hydrogens is 287 g/mol. The van der Waals surface area contributed by atoms with Gasteiger partial charge in [0.1, 0.15) is 5.82 Å². The zero-order chi connectivity index (χ0) is 14.7. The number of nitrogens with one attached hydrogen (secondary N) is 1. The summed E-state index contributed by atoms with van der Waals surface area (Å²) in [5, 5.41) is 4.97. The molecule has 3 rings (SSSR count). The Morgan fingerprint density at radius 2 is 2.14 bits per heavy atom. The number of hydrogen-bond acceptors (Lipinski definition) is 2. The van der Waals surface area contributed by atoms with Gasteiger partial charge in [0.2, 0.25) is 0 Å². The van der Waals surface area contributed by atoms with Crippen LogP contribution >= 0.6 is 11.3 Å². The highest BCUT2D eigenvalue weighted by Crippen LogP contribution is 2.34. The van der Waals surface area contributed by atoms with E-state index in [9.17, 15) is 9.18 Å². The van der Waals surface area contributed by atoms with Crippen LogP contribution in [0, 0.1) is 5.82 Å². The lowest BCUT2D eigenvalue weighted by molar-refractivity contribution is 0.193. The molecule has 1 saturated heterocycles. The zero-order valence-electron chi connectivity index (χ0n) is 11.6. The van der Waals surface area contributed by atoms with E-state index >= 15 is 0 Å². The van der Waals surface area contributed by atoms with Gasteiger partial charge in [0.05, 0.1) is 6.04 Å². The van der Waals surface area contributed by atoms with E-state index in [4.69, 9.17) is 0 Å². The second kappa shape index (κ2) is 6.26. The van der Waals surface area contributed by atoms with Crippen LogP contribution in [0.2, 0.25) is 0 Å². The second-order valence-electron chi connectivity index (χ2n) is 5.15. The molecule has 5 heteroatoms. The standard InChI is InChI=1S/C16H17FN2OS/c17-13-7-5-12(6-8-13)11-18-16(20)19-9-1-3-14(19)15-4-2-10-21-15/h2,4-8,10,14H,1,3,9,11H2,(H,18,20). The van der Waals surface area contributed by atoms with Crippen molar-refractivity contribution in [2.24, 2.45) is 0 Å². The molecule has 1 fully saturated rings. The van der Waals surface area contributed by atoms with Gasteiger partial charge in [0.15, 0.2) is 0 Å². The zero-order valence-corrected chi connectivity index (χ0v) is 12.4. The van der Waals surface area contributed by atoms with Crippen LogP contribution in [0.5, 0.6) is 0 Å². The van der Waals surface area contributed by atoms with Crippen LogP contribution in [0.25, 0.3) is 0 Å². The molecule has 1 aliphatic heterocycles. The molecule has 0 saturated carbocycles. The van der Waals surface area contributed by atoms with Gasteiger partial charge in [-0.15, -0.1) is 11.3 Å². The van der Waals surface area contributed by atoms with Crippen molar-refractivity contribution in [1.82, 2.24) is 10.2 Å². The Hall–Kier alpha value is -1.88. The Bertz CT molecular complexity index is 597. The Kier molecular flexibility index (Phi) is 4.20. The fourth-order valence-electron chi connectivity index (χ4n) is 2.67. The van der Waals surface area contributed by atoms with E-state index in [1.807, 2.05) is 16.3 Å². The van der Waals surface area contributed by atoms with Crippen LogP contribution in [0.3, 0.4) is 0 Å². The van der Waals surface area contributed by atoms with Gasteiger partial charge in [-0.25, -0.2) is 9.18 Å². The summed E-state index contributed by atoms with van der Waals surface area (Å²) < 4.78 is 12.8. The third-order valence-electron chi connectivity index (χ3n) is 3.74. The molecule has 0 aliphatic carbocycles. The van der Waals surface area contributed by atoms with Crippen LogP contribution in [0.4, 0.5) is 9.18 Å². The average Bonchev–Trinajstić information content (AvgIpc) is 3.16. The Labute approximate surface area is 127 Å². The van der Waals surface area contributed by atoms with Gasteiger partial charge in [-0.05, 0) is 42.0 Å². The van der Waals surface area contributed by atoms with Crippen molar-refractivity contribution in [3.8, 4) is 0 Å². The highest BCUT2D eigenvalue weighted by Gasteiger charge is 2.30. The largest absolute Gasteiger partial charge is 0.334 e. The van der Waals surface area contributed by atoms with Crippen molar-refractivity contribution < 1.29 is 9.18 Å². The molecule has 1 atom stereocenters. The Balaban J connectivity index is 1.61. The molecule has 2 heterocycles. The SMILES string of the molecule is O=C(NCc1ccc(F)cc1)N1CCCC1c1cccs1. The lowest BCUT2D eigenvalue weighted by atomic mass is 10.2. The van der Waals surface area contributed by atoms with Gasteiger partial charge in [-0.2, -0.15) is 0 Å². The van der Waals surface area contributed by atoms with Crippen LogP contribution in [-0.2, 0) is 6.54 Å².